The molecule has 13 heteroatoms. The van der Waals surface area contributed by atoms with Crippen molar-refractivity contribution in [2.45, 2.75) is 64.7 Å². The molecule has 4 fully saturated rings. The number of benzene rings is 2. The largest absolute Gasteiger partial charge is 0.496 e. The summed E-state index contributed by atoms with van der Waals surface area (Å²) in [5, 5.41) is 3.83. The number of likely N-dealkylation sites (tertiary alicyclic amines) is 1. The van der Waals surface area contributed by atoms with E-state index in [1.807, 2.05) is 43.5 Å². The number of amides is 3. The van der Waals surface area contributed by atoms with Gasteiger partial charge in [0.1, 0.15) is 23.4 Å². The molecule has 9 rings (SSSR count). The molecule has 7 heterocycles. The Morgan fingerprint density at radius 3 is 2.33 bits per heavy atom. The molecule has 2 aromatic carbocycles. The van der Waals surface area contributed by atoms with Crippen LogP contribution in [0.15, 0.2) is 65.7 Å². The normalized spacial score (nSPS) is 20.6. The summed E-state index contributed by atoms with van der Waals surface area (Å²) < 4.78 is 13.9. The first kappa shape index (κ1) is 36.9. The number of fused-ring (bicyclic) bond motifs is 2. The third kappa shape index (κ3) is 6.61. The summed E-state index contributed by atoms with van der Waals surface area (Å²) in [5.74, 6) is 1.57. The Morgan fingerprint density at radius 1 is 0.912 bits per heavy atom. The number of pyridine rings is 2. The van der Waals surface area contributed by atoms with E-state index in [1.165, 1.54) is 0 Å². The molecular weight excluding hydrogens is 723 g/mol. The van der Waals surface area contributed by atoms with Gasteiger partial charge in [-0.15, -0.1) is 0 Å². The third-order valence-electron chi connectivity index (χ3n) is 12.8. The number of rotatable bonds is 10. The smallest absolute Gasteiger partial charge is 0.260 e. The molecule has 0 bridgehead atoms. The van der Waals surface area contributed by atoms with Gasteiger partial charge in [0.15, 0.2) is 0 Å². The molecule has 0 aliphatic carbocycles. The molecule has 1 atom stereocenters. The van der Waals surface area contributed by atoms with Gasteiger partial charge in [-0.2, -0.15) is 0 Å². The van der Waals surface area contributed by atoms with Crippen molar-refractivity contribution in [2.75, 3.05) is 63.3 Å². The maximum atomic E-state index is 13.6. The van der Waals surface area contributed by atoms with E-state index in [0.717, 1.165) is 109 Å². The van der Waals surface area contributed by atoms with Gasteiger partial charge in [-0.25, -0.2) is 4.98 Å². The van der Waals surface area contributed by atoms with Gasteiger partial charge in [0, 0.05) is 92.2 Å². The van der Waals surface area contributed by atoms with Gasteiger partial charge >= 0.3 is 0 Å². The number of imide groups is 1. The van der Waals surface area contributed by atoms with E-state index in [2.05, 4.69) is 43.2 Å². The number of nitrogens with zero attached hydrogens (tertiary/aromatic N) is 6. The number of hydrogen-bond acceptors (Lipinski definition) is 10. The fourth-order valence-corrected chi connectivity index (χ4v) is 9.30. The van der Waals surface area contributed by atoms with E-state index in [-0.39, 0.29) is 35.1 Å². The van der Waals surface area contributed by atoms with Crippen molar-refractivity contribution < 1.29 is 23.9 Å². The summed E-state index contributed by atoms with van der Waals surface area (Å²) in [4.78, 5) is 64.4. The summed E-state index contributed by atoms with van der Waals surface area (Å²) in [6, 6.07) is 11.6. The van der Waals surface area contributed by atoms with E-state index < -0.39 is 6.04 Å². The lowest BCUT2D eigenvalue weighted by molar-refractivity contribution is -0.136. The number of aromatic nitrogens is 2. The van der Waals surface area contributed by atoms with E-state index in [0.29, 0.717) is 37.0 Å². The van der Waals surface area contributed by atoms with Crippen LogP contribution in [0.25, 0.3) is 21.9 Å². The van der Waals surface area contributed by atoms with Gasteiger partial charge < -0.3 is 28.7 Å². The molecule has 0 saturated carbocycles. The van der Waals surface area contributed by atoms with Crippen molar-refractivity contribution in [3.63, 3.8) is 0 Å². The monoisotopic (exact) mass is 771 g/mol. The van der Waals surface area contributed by atoms with Crippen molar-refractivity contribution in [3.05, 3.63) is 88.0 Å². The van der Waals surface area contributed by atoms with Crippen molar-refractivity contribution in [1.29, 1.82) is 0 Å². The molecular formula is C44H49N7O6. The minimum absolute atomic E-state index is 0.0651. The van der Waals surface area contributed by atoms with E-state index in [4.69, 9.17) is 9.47 Å². The standard InChI is InChI=1S/C44H49N7O6/c1-4-5-13-49-25-34(32-21-39(48-14-6-15-48)45-22-33(32)42(49)54)28-19-37(56-2)35(38(20-28)57-3)24-47-16-11-44(12-17-47)26-50(27-44)30-7-8-31-29(18-30)23-51(43(31)55)36-9-10-40(52)46-41(36)53/h4-5,7-8,18-22,25,36H,6,9-17,23-24,26-27H2,1-3H3,(H,46,52,53)/b5-4+. The Bertz CT molecular complexity index is 2340. The second kappa shape index (κ2) is 14.7. The van der Waals surface area contributed by atoms with Gasteiger partial charge in [-0.1, -0.05) is 12.2 Å². The molecule has 1 spiro atoms. The molecule has 13 nitrogen and oxygen atoms in total. The van der Waals surface area contributed by atoms with Gasteiger partial charge in [0.05, 0.1) is 25.2 Å². The predicted molar refractivity (Wildman–Crippen MR) is 218 cm³/mol. The third-order valence-corrected chi connectivity index (χ3v) is 12.8. The Balaban J connectivity index is 0.892. The number of carbonyl (C=O) groups excluding carboxylic acids is 3. The van der Waals surface area contributed by atoms with Crippen molar-refractivity contribution in [3.8, 4) is 22.6 Å². The van der Waals surface area contributed by atoms with Crippen LogP contribution < -0.4 is 30.1 Å². The Labute approximate surface area is 331 Å². The number of ether oxygens (including phenoxy) is 2. The van der Waals surface area contributed by atoms with Crippen molar-refractivity contribution in [1.82, 2.24) is 24.7 Å². The SMILES string of the molecule is C/C=C/Cn1cc(-c2cc(OC)c(CN3CCC4(CC3)CN(c3ccc5c(c3)CN(C3CCC(=O)NC3=O)C5=O)C4)c(OC)c2)c2cc(N3CCC3)ncc2c1=O. The maximum Gasteiger partial charge on any atom is 0.260 e. The van der Waals surface area contributed by atoms with Crippen LogP contribution in [0.4, 0.5) is 11.5 Å². The van der Waals surface area contributed by atoms with Crippen LogP contribution >= 0.6 is 0 Å². The lowest BCUT2D eigenvalue weighted by Gasteiger charge is -2.55. The highest BCUT2D eigenvalue weighted by Gasteiger charge is 2.46. The minimum atomic E-state index is -0.611. The summed E-state index contributed by atoms with van der Waals surface area (Å²) in [6.45, 7) is 9.25. The van der Waals surface area contributed by atoms with E-state index >= 15 is 0 Å². The van der Waals surface area contributed by atoms with Crippen molar-refractivity contribution >= 4 is 40.0 Å². The Hall–Kier alpha value is -5.69. The minimum Gasteiger partial charge on any atom is -0.496 e. The second-order valence-electron chi connectivity index (χ2n) is 16.2. The summed E-state index contributed by atoms with van der Waals surface area (Å²) in [5.41, 5.74) is 5.70. The highest BCUT2D eigenvalue weighted by molar-refractivity contribution is 6.05. The first-order valence-corrected chi connectivity index (χ1v) is 20.1. The fraction of sp³-hybridized carbons (Fsp3) is 0.432. The van der Waals surface area contributed by atoms with Gasteiger partial charge in [-0.3, -0.25) is 29.4 Å². The van der Waals surface area contributed by atoms with Gasteiger partial charge in [0.25, 0.3) is 11.5 Å². The molecule has 4 aromatic rings. The van der Waals surface area contributed by atoms with Crippen LogP contribution in [-0.4, -0.2) is 96.6 Å². The number of hydrogen-bond donors (Lipinski definition) is 1. The topological polar surface area (TPSA) is 130 Å². The average molecular weight is 772 g/mol. The van der Waals surface area contributed by atoms with Gasteiger partial charge in [-0.05, 0) is 93.2 Å². The second-order valence-corrected chi connectivity index (χ2v) is 16.2. The van der Waals surface area contributed by atoms with Crippen molar-refractivity contribution in [2.24, 2.45) is 5.41 Å². The molecule has 5 aliphatic rings. The molecule has 2 aromatic heterocycles. The van der Waals surface area contributed by atoms with E-state index in [1.54, 1.807) is 29.9 Å². The highest BCUT2D eigenvalue weighted by Crippen LogP contribution is 2.45. The van der Waals surface area contributed by atoms with E-state index in [9.17, 15) is 19.2 Å². The van der Waals surface area contributed by atoms with Crippen LogP contribution in [0, 0.1) is 5.41 Å². The molecule has 3 amide bonds. The number of nitrogens with one attached hydrogen (secondary N) is 1. The fourth-order valence-electron chi connectivity index (χ4n) is 9.30. The number of anilines is 2. The van der Waals surface area contributed by atoms with Crippen LogP contribution in [0.5, 0.6) is 11.5 Å². The number of methoxy groups -OCH3 is 2. The lowest BCUT2D eigenvalue weighted by Crippen LogP contribution is -2.60. The molecule has 57 heavy (non-hydrogen) atoms. The summed E-state index contributed by atoms with van der Waals surface area (Å²) in [6.07, 6.45) is 11.5. The number of carbonyl (C=O) groups is 3. The zero-order valence-corrected chi connectivity index (χ0v) is 32.9. The first-order chi connectivity index (χ1) is 27.7. The maximum absolute atomic E-state index is 13.6. The molecule has 296 valence electrons. The van der Waals surface area contributed by atoms with Crippen LogP contribution in [-0.2, 0) is 29.2 Å². The average Bonchev–Trinajstić information content (AvgIpc) is 3.51. The Kier molecular flexibility index (Phi) is 9.50. The molecule has 1 N–H and O–H groups in total. The zero-order valence-electron chi connectivity index (χ0n) is 32.9. The molecule has 1 unspecified atom stereocenters. The summed E-state index contributed by atoms with van der Waals surface area (Å²) in [7, 11) is 3.41. The Morgan fingerprint density at radius 2 is 1.67 bits per heavy atom. The van der Waals surface area contributed by atoms with Crippen LogP contribution in [0.2, 0.25) is 0 Å². The zero-order chi connectivity index (χ0) is 39.4. The molecule has 0 radical (unpaired) electrons. The number of allylic oxidation sites excluding steroid dienone is 2. The van der Waals surface area contributed by atoms with Crippen LogP contribution in [0.3, 0.4) is 0 Å². The highest BCUT2D eigenvalue weighted by atomic mass is 16.5. The van der Waals surface area contributed by atoms with Gasteiger partial charge in [0.2, 0.25) is 11.8 Å². The quantitative estimate of drug-likeness (QED) is 0.179. The van der Waals surface area contributed by atoms with Crippen LogP contribution in [0.1, 0.15) is 60.5 Å². The molecule has 5 aliphatic heterocycles. The first-order valence-electron chi connectivity index (χ1n) is 20.1. The predicted octanol–water partition coefficient (Wildman–Crippen LogP) is 4.73. The molecule has 4 saturated heterocycles. The number of piperidine rings is 2. The summed E-state index contributed by atoms with van der Waals surface area (Å²) >= 11 is 0. The lowest BCUT2D eigenvalue weighted by atomic mass is 9.71.